The van der Waals surface area contributed by atoms with Crippen molar-refractivity contribution >= 4 is 29.1 Å². The Labute approximate surface area is 188 Å². The molecule has 0 saturated heterocycles. The van der Waals surface area contributed by atoms with Crippen molar-refractivity contribution in [2.24, 2.45) is 0 Å². The fourth-order valence-corrected chi connectivity index (χ4v) is 3.06. The van der Waals surface area contributed by atoms with E-state index in [0.29, 0.717) is 17.9 Å². The van der Waals surface area contributed by atoms with E-state index in [1.807, 2.05) is 50.5 Å². The zero-order chi connectivity index (χ0) is 23.3. The van der Waals surface area contributed by atoms with E-state index in [1.54, 1.807) is 29.2 Å². The van der Waals surface area contributed by atoms with Gasteiger partial charge < -0.3 is 20.4 Å². The molecule has 8 heteroatoms. The second kappa shape index (κ2) is 12.9. The van der Waals surface area contributed by atoms with E-state index in [-0.39, 0.29) is 50.1 Å². The Hall–Kier alpha value is -3.70. The summed E-state index contributed by atoms with van der Waals surface area (Å²) in [6.45, 7) is 0.859. The molecule has 0 aromatic heterocycles. The smallest absolute Gasteiger partial charge is 0.238 e. The van der Waals surface area contributed by atoms with E-state index in [2.05, 4.69) is 10.6 Å². The van der Waals surface area contributed by atoms with Gasteiger partial charge in [-0.25, -0.2) is 0 Å². The molecule has 0 aliphatic rings. The topological polar surface area (TPSA) is 106 Å². The highest BCUT2D eigenvalue weighted by Gasteiger charge is 2.16. The van der Waals surface area contributed by atoms with Gasteiger partial charge in [0.15, 0.2) is 0 Å². The third kappa shape index (κ3) is 8.58. The fraction of sp³-hybridized carbons (Fsp3) is 0.333. The maximum atomic E-state index is 12.6. The van der Waals surface area contributed by atoms with Crippen LogP contribution in [0.5, 0.6) is 0 Å². The number of hydrogen-bond acceptors (Lipinski definition) is 5. The number of benzene rings is 2. The molecule has 2 rings (SSSR count). The first kappa shape index (κ1) is 24.6. The van der Waals surface area contributed by atoms with Gasteiger partial charge in [0.25, 0.3) is 0 Å². The standard InChI is InChI=1S/C24H29N5O3/c1-28(2)18-23(31)27-20-9-6-8-19(16-20)17-26-22(30)12-13-24(32)29(15-7-14-25)21-10-4-3-5-11-21/h3-6,8-11,16H,7,12-13,15,17-18H2,1-2H3,(H,26,30)(H,27,31). The number of nitriles is 1. The molecule has 168 valence electrons. The molecule has 0 saturated carbocycles. The van der Waals surface area contributed by atoms with Crippen molar-refractivity contribution in [2.75, 3.05) is 37.4 Å². The first-order valence-corrected chi connectivity index (χ1v) is 10.4. The molecule has 0 heterocycles. The highest BCUT2D eigenvalue weighted by molar-refractivity contribution is 5.95. The minimum atomic E-state index is -0.242. The average Bonchev–Trinajstić information content (AvgIpc) is 2.77. The molecule has 8 nitrogen and oxygen atoms in total. The van der Waals surface area contributed by atoms with Gasteiger partial charge in [-0.2, -0.15) is 5.26 Å². The molecule has 0 spiro atoms. The Bertz CT molecular complexity index is 954. The summed E-state index contributed by atoms with van der Waals surface area (Å²) >= 11 is 0. The van der Waals surface area contributed by atoms with Gasteiger partial charge in [0.1, 0.15) is 0 Å². The number of rotatable bonds is 11. The third-order valence-electron chi connectivity index (χ3n) is 4.54. The van der Waals surface area contributed by atoms with Crippen molar-refractivity contribution in [3.8, 4) is 6.07 Å². The lowest BCUT2D eigenvalue weighted by Crippen LogP contribution is -2.33. The van der Waals surface area contributed by atoms with Crippen molar-refractivity contribution in [3.63, 3.8) is 0 Å². The van der Waals surface area contributed by atoms with Gasteiger partial charge in [0.2, 0.25) is 17.7 Å². The van der Waals surface area contributed by atoms with Crippen LogP contribution in [0, 0.1) is 11.3 Å². The van der Waals surface area contributed by atoms with Crippen LogP contribution in [-0.4, -0.2) is 49.8 Å². The maximum absolute atomic E-state index is 12.6. The zero-order valence-corrected chi connectivity index (χ0v) is 18.5. The molecule has 0 atom stereocenters. The molecular formula is C24H29N5O3. The quantitative estimate of drug-likeness (QED) is 0.564. The third-order valence-corrected chi connectivity index (χ3v) is 4.54. The Kier molecular flexibility index (Phi) is 9.88. The molecule has 2 aromatic rings. The van der Waals surface area contributed by atoms with Crippen LogP contribution < -0.4 is 15.5 Å². The second-order valence-corrected chi connectivity index (χ2v) is 7.55. The number of carbonyl (C=O) groups excluding carboxylic acids is 3. The SMILES string of the molecule is CN(C)CC(=O)Nc1cccc(CNC(=O)CCC(=O)N(CCC#N)c2ccccc2)c1. The minimum Gasteiger partial charge on any atom is -0.352 e. The number of nitrogens with one attached hydrogen (secondary N) is 2. The molecule has 0 aliphatic heterocycles. The van der Waals surface area contributed by atoms with Crippen LogP contribution in [-0.2, 0) is 20.9 Å². The number of anilines is 2. The Balaban J connectivity index is 1.85. The largest absolute Gasteiger partial charge is 0.352 e. The summed E-state index contributed by atoms with van der Waals surface area (Å²) in [5, 5.41) is 14.5. The first-order chi connectivity index (χ1) is 15.4. The van der Waals surface area contributed by atoms with E-state index >= 15 is 0 Å². The summed E-state index contributed by atoms with van der Waals surface area (Å²) in [5.74, 6) is -0.560. The van der Waals surface area contributed by atoms with Gasteiger partial charge in [-0.05, 0) is 43.9 Å². The molecule has 0 bridgehead atoms. The highest BCUT2D eigenvalue weighted by Crippen LogP contribution is 2.16. The van der Waals surface area contributed by atoms with Crippen LogP contribution in [0.3, 0.4) is 0 Å². The van der Waals surface area contributed by atoms with Crippen LogP contribution in [0.15, 0.2) is 54.6 Å². The number of amides is 3. The molecule has 0 unspecified atom stereocenters. The summed E-state index contributed by atoms with van der Waals surface area (Å²) in [6, 6.07) is 18.4. The molecule has 3 amide bonds. The number of nitrogens with zero attached hydrogens (tertiary/aromatic N) is 3. The summed E-state index contributed by atoms with van der Waals surface area (Å²) in [6.07, 6.45) is 0.315. The van der Waals surface area contributed by atoms with E-state index in [4.69, 9.17) is 5.26 Å². The molecule has 32 heavy (non-hydrogen) atoms. The van der Waals surface area contributed by atoms with Crippen molar-refractivity contribution < 1.29 is 14.4 Å². The predicted molar refractivity (Wildman–Crippen MR) is 124 cm³/mol. The first-order valence-electron chi connectivity index (χ1n) is 10.4. The second-order valence-electron chi connectivity index (χ2n) is 7.55. The number of para-hydroxylation sites is 1. The van der Waals surface area contributed by atoms with Crippen molar-refractivity contribution in [1.29, 1.82) is 5.26 Å². The molecule has 2 aromatic carbocycles. The van der Waals surface area contributed by atoms with Crippen LogP contribution in [0.2, 0.25) is 0 Å². The minimum absolute atomic E-state index is 0.0484. The van der Waals surface area contributed by atoms with Crippen molar-refractivity contribution in [3.05, 3.63) is 60.2 Å². The maximum Gasteiger partial charge on any atom is 0.238 e. The molecular weight excluding hydrogens is 406 g/mol. The summed E-state index contributed by atoms with van der Waals surface area (Å²) in [7, 11) is 3.64. The van der Waals surface area contributed by atoms with Gasteiger partial charge in [-0.15, -0.1) is 0 Å². The normalized spacial score (nSPS) is 10.3. The summed E-state index contributed by atoms with van der Waals surface area (Å²) in [5.41, 5.74) is 2.21. The number of hydrogen-bond donors (Lipinski definition) is 2. The molecule has 0 aliphatic carbocycles. The van der Waals surface area contributed by atoms with Gasteiger partial charge in [0, 0.05) is 37.3 Å². The van der Waals surface area contributed by atoms with Crippen LogP contribution >= 0.6 is 0 Å². The lowest BCUT2D eigenvalue weighted by Gasteiger charge is -2.21. The summed E-state index contributed by atoms with van der Waals surface area (Å²) < 4.78 is 0. The van der Waals surface area contributed by atoms with E-state index in [1.165, 1.54) is 4.90 Å². The lowest BCUT2D eigenvalue weighted by molar-refractivity contribution is -0.125. The van der Waals surface area contributed by atoms with Gasteiger partial charge in [-0.1, -0.05) is 30.3 Å². The van der Waals surface area contributed by atoms with Gasteiger partial charge in [-0.3, -0.25) is 14.4 Å². The number of likely N-dealkylation sites (N-methyl/N-ethyl adjacent to an activating group) is 1. The zero-order valence-electron chi connectivity index (χ0n) is 18.5. The molecule has 0 fully saturated rings. The van der Waals surface area contributed by atoms with Crippen LogP contribution in [0.25, 0.3) is 0 Å². The Morgan fingerprint density at radius 1 is 0.969 bits per heavy atom. The van der Waals surface area contributed by atoms with Crippen LogP contribution in [0.1, 0.15) is 24.8 Å². The van der Waals surface area contributed by atoms with E-state index in [0.717, 1.165) is 5.56 Å². The Morgan fingerprint density at radius 3 is 2.41 bits per heavy atom. The lowest BCUT2D eigenvalue weighted by atomic mass is 10.2. The fourth-order valence-electron chi connectivity index (χ4n) is 3.06. The van der Waals surface area contributed by atoms with Crippen LogP contribution in [0.4, 0.5) is 11.4 Å². The van der Waals surface area contributed by atoms with Crippen molar-refractivity contribution in [1.82, 2.24) is 10.2 Å². The number of carbonyl (C=O) groups is 3. The monoisotopic (exact) mass is 435 g/mol. The van der Waals surface area contributed by atoms with E-state index in [9.17, 15) is 14.4 Å². The summed E-state index contributed by atoms with van der Waals surface area (Å²) in [4.78, 5) is 40.1. The highest BCUT2D eigenvalue weighted by atomic mass is 16.2. The Morgan fingerprint density at radius 2 is 1.72 bits per heavy atom. The molecule has 0 radical (unpaired) electrons. The molecule has 2 N–H and O–H groups in total. The van der Waals surface area contributed by atoms with Crippen molar-refractivity contribution in [2.45, 2.75) is 25.8 Å². The average molecular weight is 436 g/mol. The van der Waals surface area contributed by atoms with E-state index < -0.39 is 0 Å². The van der Waals surface area contributed by atoms with Gasteiger partial charge >= 0.3 is 0 Å². The predicted octanol–water partition coefficient (Wildman–Crippen LogP) is 2.53. The van der Waals surface area contributed by atoms with Gasteiger partial charge in [0.05, 0.1) is 19.0 Å².